The zero-order valence-corrected chi connectivity index (χ0v) is 17.7. The van der Waals surface area contributed by atoms with E-state index in [1.165, 1.54) is 6.26 Å². The van der Waals surface area contributed by atoms with Crippen LogP contribution in [0.5, 0.6) is 0 Å². The fourth-order valence-corrected chi connectivity index (χ4v) is 5.90. The van der Waals surface area contributed by atoms with Crippen molar-refractivity contribution in [2.75, 3.05) is 6.61 Å². The second-order valence-electron chi connectivity index (χ2n) is 8.07. The predicted molar refractivity (Wildman–Crippen MR) is 101 cm³/mol. The minimum atomic E-state index is -2.00. The van der Waals surface area contributed by atoms with E-state index in [0.717, 1.165) is 23.0 Å². The summed E-state index contributed by atoms with van der Waals surface area (Å²) in [5.41, 5.74) is -0.172. The van der Waals surface area contributed by atoms with Crippen LogP contribution in [-0.4, -0.2) is 37.9 Å². The molecule has 1 fully saturated rings. The van der Waals surface area contributed by atoms with Gasteiger partial charge in [0, 0.05) is 0 Å². The number of furan rings is 1. The number of amides is 2. The third-order valence-electron chi connectivity index (χ3n) is 5.02. The van der Waals surface area contributed by atoms with Gasteiger partial charge in [-0.1, -0.05) is 41.5 Å². The van der Waals surface area contributed by atoms with E-state index in [1.807, 2.05) is 20.8 Å². The number of β-lactam (4-membered cyclic amide) rings is 1. The Morgan fingerprint density at radius 2 is 1.85 bits per heavy atom. The molecular formula is C19H31NO5Si. The molecule has 0 unspecified atom stereocenters. The third-order valence-corrected chi connectivity index (χ3v) is 9.64. The first-order valence-corrected chi connectivity index (χ1v) is 11.9. The summed E-state index contributed by atoms with van der Waals surface area (Å²) in [6.07, 6.45) is 0.232. The minimum absolute atomic E-state index is 0.172. The lowest BCUT2D eigenvalue weighted by atomic mass is 9.96. The fourth-order valence-electron chi connectivity index (χ4n) is 3.13. The molecule has 26 heavy (non-hydrogen) atoms. The Hall–Kier alpha value is -1.60. The van der Waals surface area contributed by atoms with Gasteiger partial charge in [-0.15, -0.1) is 0 Å². The Balaban J connectivity index is 2.21. The van der Waals surface area contributed by atoms with Crippen LogP contribution in [0.2, 0.25) is 18.1 Å². The van der Waals surface area contributed by atoms with Gasteiger partial charge in [0.15, 0.2) is 14.4 Å². The maximum Gasteiger partial charge on any atom is 0.417 e. The number of rotatable bonds is 7. The van der Waals surface area contributed by atoms with Crippen molar-refractivity contribution in [3.63, 3.8) is 0 Å². The molecule has 1 aromatic heterocycles. The highest BCUT2D eigenvalue weighted by Crippen LogP contribution is 2.41. The lowest BCUT2D eigenvalue weighted by molar-refractivity contribution is -0.162. The number of carbonyl (C=O) groups excluding carboxylic acids is 2. The van der Waals surface area contributed by atoms with Crippen molar-refractivity contribution in [2.24, 2.45) is 5.41 Å². The third kappa shape index (κ3) is 4.20. The van der Waals surface area contributed by atoms with Crippen molar-refractivity contribution < 1.29 is 23.2 Å². The molecule has 2 rings (SSSR count). The molecule has 1 aromatic rings. The average Bonchev–Trinajstić information content (AvgIpc) is 3.12. The smallest absolute Gasteiger partial charge is 0.417 e. The molecule has 0 aromatic carbocycles. The molecule has 2 amide bonds. The monoisotopic (exact) mass is 381 g/mol. The first-order valence-electron chi connectivity index (χ1n) is 9.39. The van der Waals surface area contributed by atoms with E-state index in [1.54, 1.807) is 12.1 Å². The molecule has 2 heterocycles. The standard InChI is InChI=1S/C19H31NO5Si/c1-7-26(8-2,9-3)25-16-15(14-11-10-12-23-14)20(17(16)21)18(22)24-13-19(4,5)6/h10-12,15-16H,7-9,13H2,1-6H3/t15-,16+/m0/s1. The number of ether oxygens (including phenoxy) is 1. The summed E-state index contributed by atoms with van der Waals surface area (Å²) in [5, 5.41) is 0. The van der Waals surface area contributed by atoms with Crippen LogP contribution in [-0.2, 0) is 14.0 Å². The van der Waals surface area contributed by atoms with Crippen LogP contribution >= 0.6 is 0 Å². The summed E-state index contributed by atoms with van der Waals surface area (Å²) in [7, 11) is -2.00. The molecule has 1 saturated heterocycles. The van der Waals surface area contributed by atoms with Gasteiger partial charge in [-0.25, -0.2) is 9.69 Å². The van der Waals surface area contributed by atoms with E-state index in [-0.39, 0.29) is 17.9 Å². The Kier molecular flexibility index (Phi) is 6.34. The van der Waals surface area contributed by atoms with Crippen LogP contribution in [0.25, 0.3) is 0 Å². The molecule has 0 bridgehead atoms. The molecule has 0 N–H and O–H groups in total. The Morgan fingerprint density at radius 3 is 2.31 bits per heavy atom. The van der Waals surface area contributed by atoms with Crippen LogP contribution in [0.4, 0.5) is 4.79 Å². The van der Waals surface area contributed by atoms with Crippen LogP contribution in [0, 0.1) is 5.41 Å². The summed E-state index contributed by atoms with van der Waals surface area (Å²) in [5.74, 6) is 0.214. The van der Waals surface area contributed by atoms with Gasteiger partial charge in [0.25, 0.3) is 5.91 Å². The SMILES string of the molecule is CC[Si](CC)(CC)O[C@H]1C(=O)N(C(=O)OCC(C)(C)C)[C@H]1c1ccco1. The van der Waals surface area contributed by atoms with Crippen molar-refractivity contribution in [1.29, 1.82) is 0 Å². The molecule has 0 radical (unpaired) electrons. The number of imide groups is 1. The zero-order valence-electron chi connectivity index (χ0n) is 16.7. The largest absolute Gasteiger partial charge is 0.467 e. The van der Waals surface area contributed by atoms with Gasteiger partial charge in [-0.2, -0.15) is 0 Å². The van der Waals surface area contributed by atoms with Gasteiger partial charge in [-0.3, -0.25) is 4.79 Å². The van der Waals surface area contributed by atoms with Gasteiger partial charge >= 0.3 is 6.09 Å². The normalized spacial score (nSPS) is 20.8. The van der Waals surface area contributed by atoms with Crippen molar-refractivity contribution in [3.8, 4) is 0 Å². The molecule has 146 valence electrons. The van der Waals surface area contributed by atoms with Crippen LogP contribution < -0.4 is 0 Å². The maximum absolute atomic E-state index is 12.7. The highest BCUT2D eigenvalue weighted by atomic mass is 28.4. The van der Waals surface area contributed by atoms with Gasteiger partial charge in [0.2, 0.25) is 0 Å². The quantitative estimate of drug-likeness (QED) is 0.504. The van der Waals surface area contributed by atoms with Gasteiger partial charge < -0.3 is 13.6 Å². The van der Waals surface area contributed by atoms with Crippen LogP contribution in [0.1, 0.15) is 53.3 Å². The summed E-state index contributed by atoms with van der Waals surface area (Å²) < 4.78 is 17.2. The van der Waals surface area contributed by atoms with Gasteiger partial charge in [-0.05, 0) is 35.7 Å². The minimum Gasteiger partial charge on any atom is -0.467 e. The molecular weight excluding hydrogens is 350 g/mol. The molecule has 7 heteroatoms. The van der Waals surface area contributed by atoms with Crippen molar-refractivity contribution in [3.05, 3.63) is 24.2 Å². The molecule has 6 nitrogen and oxygen atoms in total. The first kappa shape index (κ1) is 20.7. The fraction of sp³-hybridized carbons (Fsp3) is 0.684. The summed E-state index contributed by atoms with van der Waals surface area (Å²) >= 11 is 0. The zero-order chi connectivity index (χ0) is 19.5. The van der Waals surface area contributed by atoms with E-state index >= 15 is 0 Å². The van der Waals surface area contributed by atoms with E-state index < -0.39 is 26.6 Å². The average molecular weight is 382 g/mol. The lowest BCUT2D eigenvalue weighted by Gasteiger charge is -2.47. The molecule has 0 saturated carbocycles. The Bertz CT molecular complexity index is 610. The van der Waals surface area contributed by atoms with Crippen molar-refractivity contribution in [1.82, 2.24) is 4.90 Å². The molecule has 0 spiro atoms. The van der Waals surface area contributed by atoms with Crippen molar-refractivity contribution in [2.45, 2.75) is 71.8 Å². The Labute approximate surface area is 157 Å². The van der Waals surface area contributed by atoms with Gasteiger partial charge in [0.1, 0.15) is 11.8 Å². The number of nitrogens with zero attached hydrogens (tertiary/aromatic N) is 1. The molecule has 2 atom stereocenters. The van der Waals surface area contributed by atoms with Crippen molar-refractivity contribution >= 4 is 20.3 Å². The lowest BCUT2D eigenvalue weighted by Crippen LogP contribution is -2.64. The predicted octanol–water partition coefficient (Wildman–Crippen LogP) is 4.74. The van der Waals surface area contributed by atoms with E-state index in [2.05, 4.69) is 20.8 Å². The Morgan fingerprint density at radius 1 is 1.23 bits per heavy atom. The highest BCUT2D eigenvalue weighted by Gasteiger charge is 2.56. The molecule has 1 aliphatic heterocycles. The van der Waals surface area contributed by atoms with E-state index in [0.29, 0.717) is 5.76 Å². The van der Waals surface area contributed by atoms with E-state index in [4.69, 9.17) is 13.6 Å². The second-order valence-corrected chi connectivity index (χ2v) is 12.8. The maximum atomic E-state index is 12.7. The van der Waals surface area contributed by atoms with Crippen LogP contribution in [0.3, 0.4) is 0 Å². The summed E-state index contributed by atoms with van der Waals surface area (Å²) in [6, 6.07) is 5.76. The van der Waals surface area contributed by atoms with Crippen LogP contribution in [0.15, 0.2) is 22.8 Å². The topological polar surface area (TPSA) is 69.0 Å². The summed E-state index contributed by atoms with van der Waals surface area (Å²) in [6.45, 7) is 12.5. The molecule has 0 aliphatic carbocycles. The number of carbonyl (C=O) groups is 2. The first-order chi connectivity index (χ1) is 12.2. The number of likely N-dealkylation sites (tertiary alicyclic amines) is 1. The van der Waals surface area contributed by atoms with E-state index in [9.17, 15) is 9.59 Å². The molecule has 1 aliphatic rings. The summed E-state index contributed by atoms with van der Waals surface area (Å²) in [4.78, 5) is 26.4. The van der Waals surface area contributed by atoms with Gasteiger partial charge in [0.05, 0.1) is 12.9 Å². The number of hydrogen-bond acceptors (Lipinski definition) is 5. The highest BCUT2D eigenvalue weighted by molar-refractivity contribution is 6.73. The second kappa shape index (κ2) is 7.96. The number of hydrogen-bond donors (Lipinski definition) is 0.